The molecule has 0 unspecified atom stereocenters. The highest BCUT2D eigenvalue weighted by molar-refractivity contribution is 6.29. The molecular formula is C14H17ClN4O2. The summed E-state index contributed by atoms with van der Waals surface area (Å²) in [5.74, 6) is 0.429. The predicted molar refractivity (Wildman–Crippen MR) is 79.6 cm³/mol. The highest BCUT2D eigenvalue weighted by atomic mass is 35.5. The third-order valence-electron chi connectivity index (χ3n) is 4.11. The fraction of sp³-hybridized carbons (Fsp3) is 0.500. The van der Waals surface area contributed by atoms with Crippen LogP contribution in [0.5, 0.6) is 0 Å². The lowest BCUT2D eigenvalue weighted by molar-refractivity contribution is 0.187. The molecule has 0 atom stereocenters. The van der Waals surface area contributed by atoms with E-state index in [0.717, 1.165) is 36.6 Å². The maximum Gasteiger partial charge on any atom is 0.404 e. The number of nitrogens with zero attached hydrogens (tertiary/aromatic N) is 3. The van der Waals surface area contributed by atoms with E-state index in [0.29, 0.717) is 23.7 Å². The van der Waals surface area contributed by atoms with Gasteiger partial charge >= 0.3 is 6.09 Å². The Morgan fingerprint density at radius 2 is 2.19 bits per heavy atom. The Hall–Kier alpha value is -1.82. The smallest absolute Gasteiger partial charge is 0.404 e. The monoisotopic (exact) mass is 308 g/mol. The topological polar surface area (TPSA) is 80.0 Å². The number of carbonyl (C=O) groups is 1. The van der Waals surface area contributed by atoms with Crippen LogP contribution in [0.15, 0.2) is 18.5 Å². The number of pyridine rings is 1. The van der Waals surface area contributed by atoms with Crippen molar-refractivity contribution in [1.82, 2.24) is 20.1 Å². The normalized spacial score (nSPS) is 22.3. The molecule has 21 heavy (non-hydrogen) atoms. The fourth-order valence-electron chi connectivity index (χ4n) is 2.94. The first kappa shape index (κ1) is 14.1. The molecule has 2 N–H and O–H groups in total. The number of amides is 1. The SMILES string of the molecule is O=C(O)NCC1CCC(n2cc3cnc(Cl)cc3n2)CC1. The van der Waals surface area contributed by atoms with E-state index in [4.69, 9.17) is 16.7 Å². The van der Waals surface area contributed by atoms with Gasteiger partial charge in [-0.15, -0.1) is 0 Å². The van der Waals surface area contributed by atoms with Crippen molar-refractivity contribution in [3.05, 3.63) is 23.6 Å². The second-order valence-corrected chi connectivity index (χ2v) is 5.92. The Labute approximate surface area is 127 Å². The van der Waals surface area contributed by atoms with Gasteiger partial charge < -0.3 is 10.4 Å². The van der Waals surface area contributed by atoms with Gasteiger partial charge in [0.25, 0.3) is 0 Å². The molecule has 1 aliphatic carbocycles. The van der Waals surface area contributed by atoms with Gasteiger partial charge in [-0.3, -0.25) is 4.68 Å². The van der Waals surface area contributed by atoms with Crippen LogP contribution in [-0.2, 0) is 0 Å². The molecule has 0 bridgehead atoms. The van der Waals surface area contributed by atoms with Crippen molar-refractivity contribution in [1.29, 1.82) is 0 Å². The van der Waals surface area contributed by atoms with Crippen LogP contribution in [0, 0.1) is 5.92 Å². The van der Waals surface area contributed by atoms with Crippen LogP contribution in [0.1, 0.15) is 31.7 Å². The van der Waals surface area contributed by atoms with E-state index < -0.39 is 6.09 Å². The van der Waals surface area contributed by atoms with Crippen LogP contribution in [0.2, 0.25) is 5.15 Å². The minimum atomic E-state index is -0.945. The molecule has 1 aliphatic rings. The van der Waals surface area contributed by atoms with Crippen molar-refractivity contribution in [2.75, 3.05) is 6.54 Å². The quantitative estimate of drug-likeness (QED) is 0.854. The molecule has 2 heterocycles. The Kier molecular flexibility index (Phi) is 3.96. The third kappa shape index (κ3) is 3.26. The molecule has 6 nitrogen and oxygen atoms in total. The van der Waals surface area contributed by atoms with Crippen LogP contribution in [0.4, 0.5) is 4.79 Å². The van der Waals surface area contributed by atoms with Crippen LogP contribution >= 0.6 is 11.6 Å². The Bertz CT molecular complexity index is 649. The summed E-state index contributed by atoms with van der Waals surface area (Å²) >= 11 is 5.88. The Morgan fingerprint density at radius 3 is 2.90 bits per heavy atom. The second-order valence-electron chi connectivity index (χ2n) is 5.54. The average molecular weight is 309 g/mol. The van der Waals surface area contributed by atoms with Crippen molar-refractivity contribution in [2.45, 2.75) is 31.7 Å². The molecule has 0 aromatic carbocycles. The van der Waals surface area contributed by atoms with Gasteiger partial charge in [0, 0.05) is 30.4 Å². The molecule has 2 aromatic rings. The molecule has 112 valence electrons. The van der Waals surface area contributed by atoms with Gasteiger partial charge in [0.15, 0.2) is 0 Å². The molecule has 0 aliphatic heterocycles. The largest absolute Gasteiger partial charge is 0.465 e. The molecular weight excluding hydrogens is 292 g/mol. The highest BCUT2D eigenvalue weighted by Crippen LogP contribution is 2.32. The molecule has 0 radical (unpaired) electrons. The zero-order valence-corrected chi connectivity index (χ0v) is 12.3. The summed E-state index contributed by atoms with van der Waals surface area (Å²) in [6.45, 7) is 0.544. The first-order chi connectivity index (χ1) is 10.1. The van der Waals surface area contributed by atoms with Gasteiger partial charge in [-0.05, 0) is 31.6 Å². The minimum Gasteiger partial charge on any atom is -0.465 e. The number of hydrogen-bond donors (Lipinski definition) is 2. The Morgan fingerprint density at radius 1 is 1.43 bits per heavy atom. The maximum atomic E-state index is 10.5. The van der Waals surface area contributed by atoms with Crippen molar-refractivity contribution in [3.63, 3.8) is 0 Å². The zero-order valence-electron chi connectivity index (χ0n) is 11.5. The van der Waals surface area contributed by atoms with Gasteiger partial charge in [-0.2, -0.15) is 5.10 Å². The number of hydrogen-bond acceptors (Lipinski definition) is 3. The van der Waals surface area contributed by atoms with E-state index in [-0.39, 0.29) is 0 Å². The van der Waals surface area contributed by atoms with Crippen molar-refractivity contribution < 1.29 is 9.90 Å². The molecule has 3 rings (SSSR count). The van der Waals surface area contributed by atoms with E-state index in [1.54, 1.807) is 12.3 Å². The first-order valence-electron chi connectivity index (χ1n) is 7.09. The fourth-order valence-corrected chi connectivity index (χ4v) is 3.10. The van der Waals surface area contributed by atoms with Crippen molar-refractivity contribution in [2.24, 2.45) is 5.92 Å². The van der Waals surface area contributed by atoms with Gasteiger partial charge in [-0.25, -0.2) is 9.78 Å². The number of halogens is 1. The van der Waals surface area contributed by atoms with E-state index in [2.05, 4.69) is 15.4 Å². The second kappa shape index (κ2) is 5.89. The van der Waals surface area contributed by atoms with Crippen molar-refractivity contribution >= 4 is 28.6 Å². The number of aromatic nitrogens is 3. The van der Waals surface area contributed by atoms with E-state index in [9.17, 15) is 4.79 Å². The van der Waals surface area contributed by atoms with Gasteiger partial charge in [-0.1, -0.05) is 11.6 Å². The molecule has 7 heteroatoms. The van der Waals surface area contributed by atoms with Crippen LogP contribution < -0.4 is 5.32 Å². The first-order valence-corrected chi connectivity index (χ1v) is 7.47. The standard InChI is InChI=1S/C14H17ClN4O2/c15-13-5-12-10(7-16-13)8-19(18-12)11-3-1-9(2-4-11)6-17-14(20)21/h5,7-9,11,17H,1-4,6H2,(H,20,21). The van der Waals surface area contributed by atoms with E-state index in [1.165, 1.54) is 0 Å². The molecule has 2 aromatic heterocycles. The summed E-state index contributed by atoms with van der Waals surface area (Å²) < 4.78 is 2.00. The summed E-state index contributed by atoms with van der Waals surface area (Å²) in [6.07, 6.45) is 6.87. The number of fused-ring (bicyclic) bond motifs is 1. The summed E-state index contributed by atoms with van der Waals surface area (Å²) in [4.78, 5) is 14.6. The molecule has 0 spiro atoms. The van der Waals surface area contributed by atoms with Crippen LogP contribution in [-0.4, -0.2) is 32.5 Å². The van der Waals surface area contributed by atoms with Crippen molar-refractivity contribution in [3.8, 4) is 0 Å². The predicted octanol–water partition coefficient (Wildman–Crippen LogP) is 3.08. The minimum absolute atomic E-state index is 0.372. The lowest BCUT2D eigenvalue weighted by Gasteiger charge is -2.28. The molecule has 1 fully saturated rings. The van der Waals surface area contributed by atoms with Crippen LogP contribution in [0.25, 0.3) is 10.9 Å². The lowest BCUT2D eigenvalue weighted by atomic mass is 9.86. The summed E-state index contributed by atoms with van der Waals surface area (Å²) in [5, 5.41) is 17.1. The summed E-state index contributed by atoms with van der Waals surface area (Å²) in [7, 11) is 0. The number of carboxylic acid groups (broad SMARTS) is 1. The maximum absolute atomic E-state index is 10.5. The average Bonchev–Trinajstić information content (AvgIpc) is 2.88. The summed E-state index contributed by atoms with van der Waals surface area (Å²) in [5.41, 5.74) is 0.865. The van der Waals surface area contributed by atoms with Gasteiger partial charge in [0.05, 0.1) is 11.6 Å². The summed E-state index contributed by atoms with van der Waals surface area (Å²) in [6, 6.07) is 2.15. The molecule has 1 saturated carbocycles. The van der Waals surface area contributed by atoms with Gasteiger partial charge in [0.2, 0.25) is 0 Å². The third-order valence-corrected chi connectivity index (χ3v) is 4.31. The Balaban J connectivity index is 1.64. The highest BCUT2D eigenvalue weighted by Gasteiger charge is 2.23. The molecule has 0 saturated heterocycles. The van der Waals surface area contributed by atoms with Crippen LogP contribution in [0.3, 0.4) is 0 Å². The lowest BCUT2D eigenvalue weighted by Crippen LogP contribution is -2.30. The van der Waals surface area contributed by atoms with Gasteiger partial charge in [0.1, 0.15) is 5.15 Å². The number of nitrogens with one attached hydrogen (secondary N) is 1. The van der Waals surface area contributed by atoms with E-state index >= 15 is 0 Å². The zero-order chi connectivity index (χ0) is 14.8. The molecule has 1 amide bonds. The number of rotatable bonds is 3. The van der Waals surface area contributed by atoms with E-state index in [1.807, 2.05) is 10.9 Å².